The van der Waals surface area contributed by atoms with Crippen LogP contribution in [0.1, 0.15) is 11.1 Å². The van der Waals surface area contributed by atoms with E-state index >= 15 is 0 Å². The first kappa shape index (κ1) is 23.4. The van der Waals surface area contributed by atoms with Crippen molar-refractivity contribution < 1.29 is 22.8 Å². The molecule has 1 aliphatic rings. The highest BCUT2D eigenvalue weighted by Gasteiger charge is 2.31. The van der Waals surface area contributed by atoms with Crippen molar-refractivity contribution in [2.45, 2.75) is 16.6 Å². The summed E-state index contributed by atoms with van der Waals surface area (Å²) in [5.74, 6) is -0.463. The summed E-state index contributed by atoms with van der Waals surface area (Å²) < 4.78 is 38.0. The Kier molecular flexibility index (Phi) is 6.60. The quantitative estimate of drug-likeness (QED) is 0.496. The Morgan fingerprint density at radius 2 is 1.71 bits per heavy atom. The van der Waals surface area contributed by atoms with E-state index in [4.69, 9.17) is 0 Å². The minimum Gasteiger partial charge on any atom is -0.311 e. The van der Waals surface area contributed by atoms with Crippen LogP contribution in [0.3, 0.4) is 0 Å². The Morgan fingerprint density at radius 3 is 2.44 bits per heavy atom. The average molecular weight is 485 g/mol. The van der Waals surface area contributed by atoms with Crippen molar-refractivity contribution in [3.8, 4) is 0 Å². The molecule has 4 rings (SSSR count). The Bertz CT molecular complexity index is 1250. The molecule has 0 fully saturated rings. The number of hydrogen-bond acceptors (Lipinski definition) is 4. The number of para-hydroxylation sites is 1. The van der Waals surface area contributed by atoms with E-state index in [1.807, 2.05) is 42.5 Å². The summed E-state index contributed by atoms with van der Waals surface area (Å²) in [4.78, 5) is 31.7. The number of aliphatic imine (C=N–C) groups is 1. The van der Waals surface area contributed by atoms with Crippen LogP contribution in [0, 0.1) is 0 Å². The van der Waals surface area contributed by atoms with E-state index in [1.165, 1.54) is 29.2 Å². The zero-order valence-electron chi connectivity index (χ0n) is 17.8. The summed E-state index contributed by atoms with van der Waals surface area (Å²) in [5, 5.41) is 5.01. The second-order valence-corrected chi connectivity index (χ2v) is 8.47. The summed E-state index contributed by atoms with van der Waals surface area (Å²) in [6.07, 6.45) is -1.25. The number of carbonyl (C=O) groups excluding carboxylic acids is 2. The number of benzodiazepines with no additional fused rings is 1. The van der Waals surface area contributed by atoms with Crippen LogP contribution in [0.25, 0.3) is 0 Å². The molecule has 1 atom stereocenters. The number of nitrogens with one attached hydrogen (secondary N) is 2. The predicted octanol–water partition coefficient (Wildman–Crippen LogP) is 5.26. The van der Waals surface area contributed by atoms with Gasteiger partial charge in [0.25, 0.3) is 5.91 Å². The van der Waals surface area contributed by atoms with Crippen molar-refractivity contribution in [1.82, 2.24) is 5.32 Å². The Balaban J connectivity index is 1.61. The van der Waals surface area contributed by atoms with Crippen molar-refractivity contribution in [2.75, 3.05) is 17.3 Å². The molecule has 1 heterocycles. The highest BCUT2D eigenvalue weighted by Crippen LogP contribution is 2.37. The molecule has 0 spiro atoms. The number of halogens is 3. The number of benzene rings is 3. The van der Waals surface area contributed by atoms with Gasteiger partial charge in [-0.2, -0.15) is 13.2 Å². The van der Waals surface area contributed by atoms with Gasteiger partial charge in [0, 0.05) is 28.8 Å². The number of anilines is 2. The van der Waals surface area contributed by atoms with E-state index in [-0.39, 0.29) is 22.3 Å². The van der Waals surface area contributed by atoms with Crippen LogP contribution in [0.5, 0.6) is 0 Å². The molecule has 6 nitrogen and oxygen atoms in total. The van der Waals surface area contributed by atoms with Crippen LogP contribution in [-0.4, -0.2) is 36.4 Å². The fraction of sp³-hybridized carbons (Fsp3) is 0.125. The standard InChI is InChI=1S/C24H19F3N4O2S/c1-31-19-13-6-5-12-18(19)20(15-8-3-2-4-9-15)29-21(22(31)32)30-23(33)28-16-10-7-11-17(14-16)34-24(25,26)27/h2-14,21H,1H3,(H2,28,30,33). The maximum absolute atomic E-state index is 13.1. The number of alkyl halides is 3. The van der Waals surface area contributed by atoms with Crippen molar-refractivity contribution in [1.29, 1.82) is 0 Å². The Morgan fingerprint density at radius 1 is 1.00 bits per heavy atom. The average Bonchev–Trinajstić information content (AvgIpc) is 2.89. The van der Waals surface area contributed by atoms with Crippen molar-refractivity contribution >= 4 is 40.8 Å². The lowest BCUT2D eigenvalue weighted by atomic mass is 10.0. The molecule has 1 aliphatic heterocycles. The van der Waals surface area contributed by atoms with Crippen LogP contribution in [-0.2, 0) is 4.79 Å². The molecule has 0 aliphatic carbocycles. The summed E-state index contributed by atoms with van der Waals surface area (Å²) in [6.45, 7) is 0. The molecule has 3 aromatic rings. The van der Waals surface area contributed by atoms with E-state index in [9.17, 15) is 22.8 Å². The van der Waals surface area contributed by atoms with Gasteiger partial charge >= 0.3 is 11.5 Å². The summed E-state index contributed by atoms with van der Waals surface area (Å²) >= 11 is -0.282. The van der Waals surface area contributed by atoms with Gasteiger partial charge in [-0.1, -0.05) is 54.6 Å². The summed E-state index contributed by atoms with van der Waals surface area (Å²) in [5.41, 5.74) is -1.64. The number of hydrogen-bond donors (Lipinski definition) is 2. The molecule has 0 saturated carbocycles. The minimum atomic E-state index is -4.45. The zero-order chi connectivity index (χ0) is 24.3. The molecular weight excluding hydrogens is 465 g/mol. The van der Waals surface area contributed by atoms with E-state index in [0.717, 1.165) is 11.1 Å². The van der Waals surface area contributed by atoms with Gasteiger partial charge in [0.05, 0.1) is 11.4 Å². The second-order valence-electron chi connectivity index (χ2n) is 7.33. The van der Waals surface area contributed by atoms with Crippen molar-refractivity contribution in [2.24, 2.45) is 4.99 Å². The molecule has 34 heavy (non-hydrogen) atoms. The molecule has 0 radical (unpaired) electrons. The summed E-state index contributed by atoms with van der Waals surface area (Å²) in [7, 11) is 1.59. The van der Waals surface area contributed by atoms with Gasteiger partial charge in [-0.15, -0.1) is 0 Å². The molecule has 10 heteroatoms. The number of rotatable bonds is 4. The highest BCUT2D eigenvalue weighted by molar-refractivity contribution is 8.00. The van der Waals surface area contributed by atoms with Gasteiger partial charge in [-0.05, 0) is 36.0 Å². The van der Waals surface area contributed by atoms with Gasteiger partial charge in [0.2, 0.25) is 6.17 Å². The Hall–Kier alpha value is -3.79. The number of urea groups is 1. The van der Waals surface area contributed by atoms with Crippen LogP contribution >= 0.6 is 11.8 Å². The lowest BCUT2D eigenvalue weighted by molar-refractivity contribution is -0.119. The molecule has 0 saturated heterocycles. The number of thioether (sulfide) groups is 1. The third kappa shape index (κ3) is 5.40. The molecule has 0 bridgehead atoms. The van der Waals surface area contributed by atoms with Gasteiger partial charge in [0.15, 0.2) is 0 Å². The van der Waals surface area contributed by atoms with Gasteiger partial charge < -0.3 is 15.5 Å². The van der Waals surface area contributed by atoms with Crippen molar-refractivity contribution in [3.05, 3.63) is 90.0 Å². The van der Waals surface area contributed by atoms with Gasteiger partial charge in [-0.25, -0.2) is 9.79 Å². The Labute approximate surface area is 197 Å². The van der Waals surface area contributed by atoms with Gasteiger partial charge in [0.1, 0.15) is 0 Å². The fourth-order valence-electron chi connectivity index (χ4n) is 3.50. The van der Waals surface area contributed by atoms with Crippen LogP contribution in [0.2, 0.25) is 0 Å². The highest BCUT2D eigenvalue weighted by atomic mass is 32.2. The number of likely N-dealkylation sites (N-methyl/N-ethyl adjacent to an activating group) is 1. The second kappa shape index (κ2) is 9.60. The number of fused-ring (bicyclic) bond motifs is 1. The molecule has 3 amide bonds. The van der Waals surface area contributed by atoms with E-state index in [0.29, 0.717) is 11.4 Å². The zero-order valence-corrected chi connectivity index (χ0v) is 18.7. The molecule has 174 valence electrons. The SMILES string of the molecule is CN1C(=O)C(NC(=O)Nc2cccc(SC(F)(F)F)c2)N=C(c2ccccc2)c2ccccc21. The van der Waals surface area contributed by atoms with Crippen LogP contribution < -0.4 is 15.5 Å². The smallest absolute Gasteiger partial charge is 0.311 e. The van der Waals surface area contributed by atoms with Crippen molar-refractivity contribution in [3.63, 3.8) is 0 Å². The first-order chi connectivity index (χ1) is 16.2. The normalized spacial score (nSPS) is 15.8. The topological polar surface area (TPSA) is 73.8 Å². The third-order valence-electron chi connectivity index (χ3n) is 4.98. The lowest BCUT2D eigenvalue weighted by Gasteiger charge is -2.21. The fourth-order valence-corrected chi connectivity index (χ4v) is 4.10. The largest absolute Gasteiger partial charge is 0.446 e. The van der Waals surface area contributed by atoms with Crippen LogP contribution in [0.4, 0.5) is 29.3 Å². The monoisotopic (exact) mass is 484 g/mol. The number of nitrogens with zero attached hydrogens (tertiary/aromatic N) is 2. The van der Waals surface area contributed by atoms with E-state index in [1.54, 1.807) is 19.2 Å². The molecular formula is C24H19F3N4O2S. The maximum Gasteiger partial charge on any atom is 0.446 e. The molecule has 3 aromatic carbocycles. The third-order valence-corrected chi connectivity index (χ3v) is 5.70. The first-order valence-electron chi connectivity index (χ1n) is 10.1. The van der Waals surface area contributed by atoms with Crippen LogP contribution in [0.15, 0.2) is 88.8 Å². The predicted molar refractivity (Wildman–Crippen MR) is 126 cm³/mol. The number of carbonyl (C=O) groups is 2. The van der Waals surface area contributed by atoms with Gasteiger partial charge in [-0.3, -0.25) is 4.79 Å². The maximum atomic E-state index is 13.1. The number of amides is 3. The van der Waals surface area contributed by atoms with E-state index in [2.05, 4.69) is 15.6 Å². The molecule has 1 unspecified atom stereocenters. The lowest BCUT2D eigenvalue weighted by Crippen LogP contribution is -2.47. The molecule has 2 N–H and O–H groups in total. The molecule has 0 aromatic heterocycles. The van der Waals surface area contributed by atoms with E-state index < -0.39 is 23.6 Å². The minimum absolute atomic E-state index is 0.0737. The first-order valence-corrected chi connectivity index (χ1v) is 11.0. The summed E-state index contributed by atoms with van der Waals surface area (Å²) in [6, 6.07) is 21.1.